The van der Waals surface area contributed by atoms with Crippen LogP contribution in [-0.2, 0) is 0 Å². The lowest BCUT2D eigenvalue weighted by atomic mass is 10.3. The average Bonchev–Trinajstić information content (AvgIpc) is 2.10. The van der Waals surface area contributed by atoms with E-state index in [0.29, 0.717) is 6.04 Å². The lowest BCUT2D eigenvalue weighted by Crippen LogP contribution is -2.48. The van der Waals surface area contributed by atoms with E-state index in [-0.39, 0.29) is 0 Å². The summed E-state index contributed by atoms with van der Waals surface area (Å²) in [6, 6.07) is 0.432. The number of rotatable bonds is 4. The van der Waals surface area contributed by atoms with Gasteiger partial charge in [-0.15, -0.1) is 0 Å². The van der Waals surface area contributed by atoms with E-state index in [2.05, 4.69) is 36.1 Å². The maximum absolute atomic E-state index is 5.41. The van der Waals surface area contributed by atoms with Crippen LogP contribution in [0.2, 0.25) is 0 Å². The van der Waals surface area contributed by atoms with E-state index >= 15 is 0 Å². The Bertz CT molecular complexity index is 154. The van der Waals surface area contributed by atoms with Gasteiger partial charge in [0.05, 0.1) is 0 Å². The van der Waals surface area contributed by atoms with Crippen LogP contribution in [0.15, 0.2) is 4.99 Å². The minimum absolute atomic E-state index is 0.432. The predicted octanol–water partition coefficient (Wildman–Crippen LogP) is 0.946. The molecule has 13 heavy (non-hydrogen) atoms. The highest BCUT2D eigenvalue weighted by molar-refractivity contribution is 5.79. The van der Waals surface area contributed by atoms with E-state index in [1.807, 2.05) is 6.92 Å². The fourth-order valence-electron chi connectivity index (χ4n) is 1.22. The molecule has 0 rings (SSSR count). The zero-order chi connectivity index (χ0) is 10.3. The Morgan fingerprint density at radius 1 is 1.46 bits per heavy atom. The van der Waals surface area contributed by atoms with Gasteiger partial charge in [0.25, 0.3) is 0 Å². The fourth-order valence-corrected chi connectivity index (χ4v) is 1.22. The Hall–Kier alpha value is -0.770. The molecular weight excluding hydrogens is 164 g/mol. The van der Waals surface area contributed by atoms with Crippen molar-refractivity contribution in [3.63, 3.8) is 0 Å². The maximum Gasteiger partial charge on any atom is 0.208 e. The van der Waals surface area contributed by atoms with Gasteiger partial charge < -0.3 is 4.90 Å². The SMILES string of the molecule is CCCN(C(=NCC)NN)C(C)C. The molecule has 0 bridgehead atoms. The topological polar surface area (TPSA) is 53.6 Å². The van der Waals surface area contributed by atoms with Gasteiger partial charge in [0, 0.05) is 19.1 Å². The zero-order valence-corrected chi connectivity index (χ0v) is 9.17. The van der Waals surface area contributed by atoms with E-state index in [9.17, 15) is 0 Å². The van der Waals surface area contributed by atoms with Gasteiger partial charge in [0.2, 0.25) is 5.96 Å². The Morgan fingerprint density at radius 2 is 2.08 bits per heavy atom. The number of guanidine groups is 1. The van der Waals surface area contributed by atoms with E-state index < -0.39 is 0 Å². The molecule has 0 atom stereocenters. The first-order chi connectivity index (χ1) is 6.17. The van der Waals surface area contributed by atoms with Gasteiger partial charge in [0.15, 0.2) is 0 Å². The van der Waals surface area contributed by atoms with Crippen molar-refractivity contribution >= 4 is 5.96 Å². The van der Waals surface area contributed by atoms with Crippen LogP contribution < -0.4 is 11.3 Å². The smallest absolute Gasteiger partial charge is 0.208 e. The minimum Gasteiger partial charge on any atom is -0.340 e. The van der Waals surface area contributed by atoms with Crippen molar-refractivity contribution in [2.45, 2.75) is 40.2 Å². The van der Waals surface area contributed by atoms with E-state index in [4.69, 9.17) is 5.84 Å². The van der Waals surface area contributed by atoms with Gasteiger partial charge in [0.1, 0.15) is 0 Å². The van der Waals surface area contributed by atoms with Crippen molar-refractivity contribution in [1.29, 1.82) is 0 Å². The average molecular weight is 186 g/mol. The highest BCUT2D eigenvalue weighted by Crippen LogP contribution is 1.99. The lowest BCUT2D eigenvalue weighted by Gasteiger charge is -2.28. The van der Waals surface area contributed by atoms with Crippen molar-refractivity contribution in [2.75, 3.05) is 13.1 Å². The van der Waals surface area contributed by atoms with Gasteiger partial charge >= 0.3 is 0 Å². The summed E-state index contributed by atoms with van der Waals surface area (Å²) < 4.78 is 0. The number of nitrogens with two attached hydrogens (primary N) is 1. The zero-order valence-electron chi connectivity index (χ0n) is 9.17. The maximum atomic E-state index is 5.41. The molecule has 0 radical (unpaired) electrons. The van der Waals surface area contributed by atoms with Crippen LogP contribution >= 0.6 is 0 Å². The minimum atomic E-state index is 0.432. The highest BCUT2D eigenvalue weighted by Gasteiger charge is 2.11. The summed E-state index contributed by atoms with van der Waals surface area (Å²) in [6.07, 6.45) is 1.10. The molecule has 4 nitrogen and oxygen atoms in total. The summed E-state index contributed by atoms with van der Waals surface area (Å²) in [7, 11) is 0. The normalized spacial score (nSPS) is 12.0. The first-order valence-corrected chi connectivity index (χ1v) is 4.95. The Morgan fingerprint density at radius 3 is 2.38 bits per heavy atom. The molecule has 0 aliphatic carbocycles. The first kappa shape index (κ1) is 12.2. The van der Waals surface area contributed by atoms with Gasteiger partial charge in [-0.3, -0.25) is 10.4 Å². The molecule has 0 saturated carbocycles. The van der Waals surface area contributed by atoms with E-state index in [1.54, 1.807) is 0 Å². The summed E-state index contributed by atoms with van der Waals surface area (Å²) in [5, 5.41) is 0. The molecule has 0 saturated heterocycles. The van der Waals surface area contributed by atoms with Crippen molar-refractivity contribution in [3.8, 4) is 0 Å². The molecule has 0 aliphatic rings. The molecule has 0 aliphatic heterocycles. The third-order valence-corrected chi connectivity index (χ3v) is 1.80. The predicted molar refractivity (Wildman–Crippen MR) is 57.4 cm³/mol. The molecular formula is C9H22N4. The largest absolute Gasteiger partial charge is 0.340 e. The molecule has 0 spiro atoms. The second-order valence-electron chi connectivity index (χ2n) is 3.23. The Balaban J connectivity index is 4.39. The number of nitrogens with zero attached hydrogens (tertiary/aromatic N) is 2. The van der Waals surface area contributed by atoms with Crippen molar-refractivity contribution in [1.82, 2.24) is 10.3 Å². The standard InChI is InChI=1S/C9H22N4/c1-5-7-13(8(3)4)9(12-10)11-6-2/h8H,5-7,10H2,1-4H3,(H,11,12). The van der Waals surface area contributed by atoms with Crippen LogP contribution in [0.1, 0.15) is 34.1 Å². The van der Waals surface area contributed by atoms with E-state index in [0.717, 1.165) is 25.5 Å². The van der Waals surface area contributed by atoms with Gasteiger partial charge in [-0.25, -0.2) is 5.84 Å². The molecule has 0 aromatic heterocycles. The summed E-state index contributed by atoms with van der Waals surface area (Å²) in [5.74, 6) is 6.20. The highest BCUT2D eigenvalue weighted by atomic mass is 15.4. The monoisotopic (exact) mass is 186 g/mol. The van der Waals surface area contributed by atoms with Crippen molar-refractivity contribution in [2.24, 2.45) is 10.8 Å². The molecule has 78 valence electrons. The first-order valence-electron chi connectivity index (χ1n) is 4.95. The van der Waals surface area contributed by atoms with Crippen molar-refractivity contribution < 1.29 is 0 Å². The van der Waals surface area contributed by atoms with Crippen LogP contribution in [-0.4, -0.2) is 30.0 Å². The summed E-state index contributed by atoms with van der Waals surface area (Å²) in [4.78, 5) is 6.46. The molecule has 0 aromatic carbocycles. The summed E-state index contributed by atoms with van der Waals surface area (Å²) >= 11 is 0. The molecule has 0 heterocycles. The van der Waals surface area contributed by atoms with Crippen LogP contribution in [0.3, 0.4) is 0 Å². The summed E-state index contributed by atoms with van der Waals surface area (Å²) in [6.45, 7) is 10.2. The number of aliphatic imine (C=N–C) groups is 1. The number of hydrazine groups is 1. The summed E-state index contributed by atoms with van der Waals surface area (Å²) in [5.41, 5.74) is 2.65. The second kappa shape index (κ2) is 6.71. The number of hydrogen-bond donors (Lipinski definition) is 2. The van der Waals surface area contributed by atoms with Crippen molar-refractivity contribution in [3.05, 3.63) is 0 Å². The fraction of sp³-hybridized carbons (Fsp3) is 0.889. The van der Waals surface area contributed by atoms with Gasteiger partial charge in [-0.2, -0.15) is 0 Å². The van der Waals surface area contributed by atoms with Gasteiger partial charge in [-0.1, -0.05) is 6.92 Å². The lowest BCUT2D eigenvalue weighted by molar-refractivity contribution is 0.337. The molecule has 0 fully saturated rings. The molecule has 3 N–H and O–H groups in total. The Labute approximate surface area is 81.2 Å². The Kier molecular flexibility index (Phi) is 6.32. The van der Waals surface area contributed by atoms with Crippen LogP contribution in [0.4, 0.5) is 0 Å². The van der Waals surface area contributed by atoms with Gasteiger partial charge in [-0.05, 0) is 27.2 Å². The second-order valence-corrected chi connectivity index (χ2v) is 3.23. The molecule has 0 unspecified atom stereocenters. The molecule has 0 aromatic rings. The van der Waals surface area contributed by atoms with Crippen LogP contribution in [0, 0.1) is 0 Å². The quantitative estimate of drug-likeness (QED) is 0.297. The number of hydrogen-bond acceptors (Lipinski definition) is 2. The third kappa shape index (κ3) is 4.12. The van der Waals surface area contributed by atoms with Crippen LogP contribution in [0.5, 0.6) is 0 Å². The van der Waals surface area contributed by atoms with E-state index in [1.165, 1.54) is 0 Å². The molecule has 4 heteroatoms. The number of nitrogens with one attached hydrogen (secondary N) is 1. The van der Waals surface area contributed by atoms with Crippen LogP contribution in [0.25, 0.3) is 0 Å². The third-order valence-electron chi connectivity index (χ3n) is 1.80. The molecule has 0 amide bonds.